The van der Waals surface area contributed by atoms with E-state index in [1.807, 2.05) is 6.92 Å². The van der Waals surface area contributed by atoms with E-state index in [-0.39, 0.29) is 11.9 Å². The van der Waals surface area contributed by atoms with Gasteiger partial charge in [0, 0.05) is 38.2 Å². The van der Waals surface area contributed by atoms with Gasteiger partial charge in [0.15, 0.2) is 0 Å². The number of hydrogen-bond donors (Lipinski definition) is 2. The highest BCUT2D eigenvalue weighted by Crippen LogP contribution is 2.40. The Hall–Kier alpha value is -1.21. The Kier molecular flexibility index (Phi) is 5.52. The lowest BCUT2D eigenvalue weighted by Crippen LogP contribution is -2.51. The highest BCUT2D eigenvalue weighted by atomic mass is 19.1. The Labute approximate surface area is 124 Å². The number of benzene rings is 1. The summed E-state index contributed by atoms with van der Waals surface area (Å²) in [5.41, 5.74) is 2.93. The minimum absolute atomic E-state index is 0.329. The summed E-state index contributed by atoms with van der Waals surface area (Å²) in [5, 5.41) is 0. The summed E-state index contributed by atoms with van der Waals surface area (Å²) in [4.78, 5) is 0. The molecule has 1 atom stereocenters. The zero-order valence-electron chi connectivity index (χ0n) is 12.5. The number of rotatable bonds is 6. The number of ether oxygens (including phenoxy) is 3. The highest BCUT2D eigenvalue weighted by Gasteiger charge is 2.43. The molecule has 2 rings (SSSR count). The third-order valence-electron chi connectivity index (χ3n) is 3.97. The largest absolute Gasteiger partial charge is 0.496 e. The van der Waals surface area contributed by atoms with Crippen molar-refractivity contribution in [1.29, 1.82) is 0 Å². The van der Waals surface area contributed by atoms with E-state index in [0.717, 1.165) is 0 Å². The predicted octanol–water partition coefficient (Wildman–Crippen LogP) is 1.92. The number of nitrogens with two attached hydrogens (primary N) is 1. The molecule has 0 aliphatic carbocycles. The molecule has 118 valence electrons. The zero-order valence-corrected chi connectivity index (χ0v) is 12.5. The van der Waals surface area contributed by atoms with Crippen molar-refractivity contribution in [1.82, 2.24) is 5.43 Å². The second kappa shape index (κ2) is 7.17. The first-order valence-corrected chi connectivity index (χ1v) is 7.18. The molecule has 0 aromatic heterocycles. The maximum absolute atomic E-state index is 13.7. The first kappa shape index (κ1) is 16.2. The van der Waals surface area contributed by atoms with Crippen LogP contribution in [-0.4, -0.2) is 32.5 Å². The zero-order chi connectivity index (χ0) is 15.3. The average molecular weight is 298 g/mol. The molecule has 1 fully saturated rings. The van der Waals surface area contributed by atoms with E-state index >= 15 is 0 Å². The van der Waals surface area contributed by atoms with Crippen LogP contribution < -0.4 is 16.0 Å². The molecule has 5 nitrogen and oxygen atoms in total. The van der Waals surface area contributed by atoms with Gasteiger partial charge in [-0.15, -0.1) is 0 Å². The molecule has 6 heteroatoms. The van der Waals surface area contributed by atoms with Crippen molar-refractivity contribution in [3.63, 3.8) is 0 Å². The molecule has 0 spiro atoms. The SMILES string of the molecule is CCOC1(C(NN)c2cc(F)ccc2OC)CCOCC1. The van der Waals surface area contributed by atoms with E-state index < -0.39 is 5.60 Å². The van der Waals surface area contributed by atoms with Gasteiger partial charge in [-0.25, -0.2) is 9.82 Å². The molecule has 1 unspecified atom stereocenters. The molecule has 0 saturated carbocycles. The molecule has 1 aliphatic rings. The number of hydrogen-bond acceptors (Lipinski definition) is 5. The Bertz CT molecular complexity index is 459. The Balaban J connectivity index is 2.42. The van der Waals surface area contributed by atoms with E-state index in [9.17, 15) is 4.39 Å². The van der Waals surface area contributed by atoms with Gasteiger partial charge in [0.05, 0.1) is 18.8 Å². The van der Waals surface area contributed by atoms with Crippen LogP contribution in [0.3, 0.4) is 0 Å². The lowest BCUT2D eigenvalue weighted by atomic mass is 9.82. The van der Waals surface area contributed by atoms with Crippen molar-refractivity contribution in [2.24, 2.45) is 5.84 Å². The molecule has 1 heterocycles. The molecule has 21 heavy (non-hydrogen) atoms. The fraction of sp³-hybridized carbons (Fsp3) is 0.600. The van der Waals surface area contributed by atoms with Crippen LogP contribution >= 0.6 is 0 Å². The van der Waals surface area contributed by atoms with E-state index in [2.05, 4.69) is 5.43 Å². The lowest BCUT2D eigenvalue weighted by Gasteiger charge is -2.43. The smallest absolute Gasteiger partial charge is 0.124 e. The summed E-state index contributed by atoms with van der Waals surface area (Å²) in [5.74, 6) is 6.03. The quantitative estimate of drug-likeness (QED) is 0.620. The van der Waals surface area contributed by atoms with E-state index in [1.165, 1.54) is 12.1 Å². The van der Waals surface area contributed by atoms with Crippen molar-refractivity contribution in [3.05, 3.63) is 29.6 Å². The van der Waals surface area contributed by atoms with Crippen LogP contribution in [0.2, 0.25) is 0 Å². The Morgan fingerprint density at radius 1 is 1.43 bits per heavy atom. The minimum atomic E-state index is -0.525. The van der Waals surface area contributed by atoms with Crippen molar-refractivity contribution in [2.45, 2.75) is 31.4 Å². The molecule has 1 aromatic rings. The van der Waals surface area contributed by atoms with Gasteiger partial charge in [-0.3, -0.25) is 5.84 Å². The highest BCUT2D eigenvalue weighted by molar-refractivity contribution is 5.38. The molecule has 1 aliphatic heterocycles. The van der Waals surface area contributed by atoms with Gasteiger partial charge in [0.2, 0.25) is 0 Å². The summed E-state index contributed by atoms with van der Waals surface area (Å²) in [6.07, 6.45) is 1.38. The van der Waals surface area contributed by atoms with E-state index in [1.54, 1.807) is 13.2 Å². The number of hydrazine groups is 1. The van der Waals surface area contributed by atoms with Gasteiger partial charge in [-0.05, 0) is 25.1 Å². The Morgan fingerprint density at radius 2 is 2.14 bits per heavy atom. The van der Waals surface area contributed by atoms with Gasteiger partial charge in [0.25, 0.3) is 0 Å². The number of methoxy groups -OCH3 is 1. The normalized spacial score (nSPS) is 19.2. The fourth-order valence-electron chi connectivity index (χ4n) is 2.98. The summed E-state index contributed by atoms with van der Waals surface area (Å²) < 4.78 is 30.5. The standard InChI is InChI=1S/C15H23FN2O3/c1-3-21-15(6-8-20-9-7-15)14(18-17)12-10-11(16)4-5-13(12)19-2/h4-5,10,14,18H,3,6-9,17H2,1-2H3. The van der Waals surface area contributed by atoms with Crippen LogP contribution in [0.25, 0.3) is 0 Å². The Morgan fingerprint density at radius 3 is 2.71 bits per heavy atom. The molecular weight excluding hydrogens is 275 g/mol. The van der Waals surface area contributed by atoms with Crippen LogP contribution in [-0.2, 0) is 9.47 Å². The lowest BCUT2D eigenvalue weighted by molar-refractivity contribution is -0.128. The van der Waals surface area contributed by atoms with Crippen LogP contribution in [0, 0.1) is 5.82 Å². The van der Waals surface area contributed by atoms with Crippen molar-refractivity contribution in [2.75, 3.05) is 26.9 Å². The molecule has 1 aromatic carbocycles. The maximum Gasteiger partial charge on any atom is 0.124 e. The third kappa shape index (κ3) is 3.35. The molecule has 1 saturated heterocycles. The van der Waals surface area contributed by atoms with Crippen LogP contribution in [0.15, 0.2) is 18.2 Å². The van der Waals surface area contributed by atoms with E-state index in [0.29, 0.717) is 44.0 Å². The summed E-state index contributed by atoms with van der Waals surface area (Å²) in [6.45, 7) is 3.68. The molecular formula is C15H23FN2O3. The average Bonchev–Trinajstić information content (AvgIpc) is 2.49. The predicted molar refractivity (Wildman–Crippen MR) is 77.4 cm³/mol. The van der Waals surface area contributed by atoms with Gasteiger partial charge >= 0.3 is 0 Å². The van der Waals surface area contributed by atoms with Crippen molar-refractivity contribution >= 4 is 0 Å². The first-order chi connectivity index (χ1) is 10.2. The molecule has 0 amide bonds. The fourth-order valence-corrected chi connectivity index (χ4v) is 2.98. The number of nitrogens with one attached hydrogen (secondary N) is 1. The van der Waals surface area contributed by atoms with Gasteiger partial charge in [0.1, 0.15) is 11.6 Å². The minimum Gasteiger partial charge on any atom is -0.496 e. The molecule has 0 radical (unpaired) electrons. The van der Waals surface area contributed by atoms with Gasteiger partial charge in [-0.2, -0.15) is 0 Å². The second-order valence-corrected chi connectivity index (χ2v) is 5.10. The topological polar surface area (TPSA) is 65.7 Å². The summed E-state index contributed by atoms with van der Waals surface area (Å²) >= 11 is 0. The second-order valence-electron chi connectivity index (χ2n) is 5.10. The van der Waals surface area contributed by atoms with Crippen LogP contribution in [0.4, 0.5) is 4.39 Å². The third-order valence-corrected chi connectivity index (χ3v) is 3.97. The van der Waals surface area contributed by atoms with Crippen molar-refractivity contribution in [3.8, 4) is 5.75 Å². The first-order valence-electron chi connectivity index (χ1n) is 7.18. The van der Waals surface area contributed by atoms with Crippen molar-refractivity contribution < 1.29 is 18.6 Å². The van der Waals surface area contributed by atoms with Gasteiger partial charge < -0.3 is 14.2 Å². The van der Waals surface area contributed by atoms with E-state index in [4.69, 9.17) is 20.1 Å². The van der Waals surface area contributed by atoms with Gasteiger partial charge in [-0.1, -0.05) is 0 Å². The monoisotopic (exact) mass is 298 g/mol. The summed E-state index contributed by atoms with van der Waals surface area (Å²) in [6, 6.07) is 4.05. The van der Waals surface area contributed by atoms with Crippen LogP contribution in [0.5, 0.6) is 5.75 Å². The summed E-state index contributed by atoms with van der Waals surface area (Å²) in [7, 11) is 1.56. The number of halogens is 1. The van der Waals surface area contributed by atoms with Crippen LogP contribution in [0.1, 0.15) is 31.4 Å². The molecule has 3 N–H and O–H groups in total. The maximum atomic E-state index is 13.7. The molecule has 0 bridgehead atoms.